The average molecular weight is 380 g/mol. The summed E-state index contributed by atoms with van der Waals surface area (Å²) >= 11 is 0. The van der Waals surface area contributed by atoms with E-state index < -0.39 is 22.9 Å². The summed E-state index contributed by atoms with van der Waals surface area (Å²) in [6.45, 7) is 2.59. The number of likely N-dealkylation sites (N-methyl/N-ethyl adjacent to an activating group) is 1. The summed E-state index contributed by atoms with van der Waals surface area (Å²) in [5.74, 6) is -0.966. The van der Waals surface area contributed by atoms with E-state index in [1.54, 1.807) is 19.1 Å². The molecule has 2 saturated heterocycles. The lowest BCUT2D eigenvalue weighted by Gasteiger charge is -2.24. The maximum Gasteiger partial charge on any atom is 0.269 e. The first-order valence-corrected chi connectivity index (χ1v) is 9.17. The summed E-state index contributed by atoms with van der Waals surface area (Å²) in [7, 11) is 0. The van der Waals surface area contributed by atoms with Gasteiger partial charge in [-0.3, -0.25) is 24.6 Å². The highest BCUT2D eigenvalue weighted by Crippen LogP contribution is 2.40. The van der Waals surface area contributed by atoms with Gasteiger partial charge in [-0.15, -0.1) is 0 Å². The normalized spacial score (nSPS) is 24.6. The minimum absolute atomic E-state index is 0.0107. The quantitative estimate of drug-likeness (QED) is 0.484. The van der Waals surface area contributed by atoms with Gasteiger partial charge in [0.1, 0.15) is 6.04 Å². The number of fused-ring (bicyclic) bond motifs is 1. The predicted octanol–water partition coefficient (Wildman–Crippen LogP) is 2.03. The first-order chi connectivity index (χ1) is 13.5. The molecule has 0 radical (unpaired) electrons. The standard InChI is InChI=1S/C20H20N4O4/c1-2-22-19(25)16-17(14-8-10-15(11-9-14)24(27)28)21-23(18(16)20(22)26)12-13-6-4-3-5-7-13/h3-11,16-18,21H,2,12H2,1H3/t16-,17-,18-/m1/s1. The molecule has 2 heterocycles. The molecule has 3 atom stereocenters. The van der Waals surface area contributed by atoms with Crippen LogP contribution in [0.25, 0.3) is 0 Å². The van der Waals surface area contributed by atoms with E-state index in [0.717, 1.165) is 11.1 Å². The molecule has 0 aromatic heterocycles. The molecule has 2 aliphatic heterocycles. The van der Waals surface area contributed by atoms with E-state index in [9.17, 15) is 19.7 Å². The molecule has 2 aromatic rings. The molecule has 0 unspecified atom stereocenters. The van der Waals surface area contributed by atoms with Crippen molar-refractivity contribution in [2.75, 3.05) is 6.54 Å². The Hall–Kier alpha value is -3.10. The van der Waals surface area contributed by atoms with Crippen LogP contribution in [-0.2, 0) is 16.1 Å². The number of amides is 2. The van der Waals surface area contributed by atoms with Gasteiger partial charge in [-0.05, 0) is 18.1 Å². The first kappa shape index (κ1) is 18.3. The zero-order valence-corrected chi connectivity index (χ0v) is 15.3. The highest BCUT2D eigenvalue weighted by molar-refractivity contribution is 6.07. The smallest absolute Gasteiger partial charge is 0.269 e. The molecule has 0 bridgehead atoms. The molecule has 8 nitrogen and oxygen atoms in total. The number of hydrogen-bond acceptors (Lipinski definition) is 6. The van der Waals surface area contributed by atoms with Crippen molar-refractivity contribution in [1.29, 1.82) is 0 Å². The van der Waals surface area contributed by atoms with Gasteiger partial charge in [0.2, 0.25) is 11.8 Å². The molecule has 2 fully saturated rings. The molecular formula is C20H20N4O4. The number of nitro benzene ring substituents is 1. The molecule has 4 rings (SSSR count). The van der Waals surface area contributed by atoms with E-state index in [1.807, 2.05) is 35.3 Å². The van der Waals surface area contributed by atoms with Crippen molar-refractivity contribution in [2.24, 2.45) is 5.92 Å². The monoisotopic (exact) mass is 380 g/mol. The largest absolute Gasteiger partial charge is 0.281 e. The Morgan fingerprint density at radius 3 is 2.32 bits per heavy atom. The van der Waals surface area contributed by atoms with Gasteiger partial charge in [-0.25, -0.2) is 10.4 Å². The molecule has 2 aliphatic rings. The third-order valence-electron chi connectivity index (χ3n) is 5.39. The number of imide groups is 1. The van der Waals surface area contributed by atoms with Crippen LogP contribution in [0.2, 0.25) is 0 Å². The zero-order chi connectivity index (χ0) is 19.8. The highest BCUT2D eigenvalue weighted by atomic mass is 16.6. The second-order valence-corrected chi connectivity index (χ2v) is 6.96. The second-order valence-electron chi connectivity index (χ2n) is 6.96. The number of carbonyl (C=O) groups is 2. The summed E-state index contributed by atoms with van der Waals surface area (Å²) in [5, 5.41) is 12.7. The summed E-state index contributed by atoms with van der Waals surface area (Å²) < 4.78 is 0. The Morgan fingerprint density at radius 2 is 1.71 bits per heavy atom. The van der Waals surface area contributed by atoms with Crippen LogP contribution >= 0.6 is 0 Å². The Bertz CT molecular complexity index is 916. The SMILES string of the molecule is CCN1C(=O)[C@@H]2[C@@H](c3ccc([N+](=O)[O-])cc3)NN(Cc3ccccc3)[C@H]2C1=O. The second kappa shape index (κ2) is 7.14. The third-order valence-corrected chi connectivity index (χ3v) is 5.39. The lowest BCUT2D eigenvalue weighted by Crippen LogP contribution is -2.44. The predicted molar refractivity (Wildman–Crippen MR) is 101 cm³/mol. The van der Waals surface area contributed by atoms with E-state index in [1.165, 1.54) is 17.0 Å². The zero-order valence-electron chi connectivity index (χ0n) is 15.3. The van der Waals surface area contributed by atoms with E-state index >= 15 is 0 Å². The van der Waals surface area contributed by atoms with Crippen LogP contribution in [0.1, 0.15) is 24.1 Å². The first-order valence-electron chi connectivity index (χ1n) is 9.17. The lowest BCUT2D eigenvalue weighted by atomic mass is 9.91. The van der Waals surface area contributed by atoms with Gasteiger partial charge in [0.05, 0.1) is 16.9 Å². The molecule has 144 valence electrons. The Kier molecular flexibility index (Phi) is 4.66. The van der Waals surface area contributed by atoms with Crippen LogP contribution in [-0.4, -0.2) is 39.2 Å². The van der Waals surface area contributed by atoms with Crippen molar-refractivity contribution in [3.05, 3.63) is 75.8 Å². The molecular weight excluding hydrogens is 360 g/mol. The number of likely N-dealkylation sites (tertiary alicyclic amines) is 1. The van der Waals surface area contributed by atoms with Crippen molar-refractivity contribution >= 4 is 17.5 Å². The molecule has 28 heavy (non-hydrogen) atoms. The number of rotatable bonds is 5. The van der Waals surface area contributed by atoms with E-state index in [2.05, 4.69) is 5.43 Å². The number of nitrogens with zero attached hydrogens (tertiary/aromatic N) is 3. The number of hydrazine groups is 1. The topological polar surface area (TPSA) is 95.8 Å². The van der Waals surface area contributed by atoms with Gasteiger partial charge >= 0.3 is 0 Å². The number of nitro groups is 1. The van der Waals surface area contributed by atoms with Crippen molar-refractivity contribution in [2.45, 2.75) is 25.6 Å². The van der Waals surface area contributed by atoms with Crippen LogP contribution in [0.15, 0.2) is 54.6 Å². The van der Waals surface area contributed by atoms with Crippen LogP contribution in [0.3, 0.4) is 0 Å². The third kappa shape index (κ3) is 2.96. The Morgan fingerprint density at radius 1 is 1.04 bits per heavy atom. The van der Waals surface area contributed by atoms with Gasteiger partial charge in [0.25, 0.3) is 5.69 Å². The summed E-state index contributed by atoms with van der Waals surface area (Å²) in [4.78, 5) is 37.6. The van der Waals surface area contributed by atoms with Crippen molar-refractivity contribution < 1.29 is 14.5 Å². The number of benzene rings is 2. The number of hydrogen-bond donors (Lipinski definition) is 1. The number of carbonyl (C=O) groups excluding carboxylic acids is 2. The lowest BCUT2D eigenvalue weighted by molar-refractivity contribution is -0.384. The molecule has 0 saturated carbocycles. The van der Waals surface area contributed by atoms with Gasteiger partial charge < -0.3 is 0 Å². The van der Waals surface area contributed by atoms with Gasteiger partial charge in [0.15, 0.2) is 0 Å². The highest BCUT2D eigenvalue weighted by Gasteiger charge is 2.58. The minimum atomic E-state index is -0.590. The van der Waals surface area contributed by atoms with E-state index in [4.69, 9.17) is 0 Å². The van der Waals surface area contributed by atoms with Crippen LogP contribution in [0.5, 0.6) is 0 Å². The fraction of sp³-hybridized carbons (Fsp3) is 0.300. The summed E-state index contributed by atoms with van der Waals surface area (Å²) in [5.41, 5.74) is 5.06. The van der Waals surface area contributed by atoms with Gasteiger partial charge in [0, 0.05) is 25.2 Å². The minimum Gasteiger partial charge on any atom is -0.281 e. The Balaban J connectivity index is 1.68. The fourth-order valence-corrected chi connectivity index (χ4v) is 4.05. The molecule has 0 spiro atoms. The molecule has 1 N–H and O–H groups in total. The summed E-state index contributed by atoms with van der Waals surface area (Å²) in [6, 6.07) is 14.8. The van der Waals surface area contributed by atoms with Crippen molar-refractivity contribution in [3.63, 3.8) is 0 Å². The molecule has 2 aromatic carbocycles. The molecule has 0 aliphatic carbocycles. The van der Waals surface area contributed by atoms with Crippen LogP contribution in [0, 0.1) is 16.0 Å². The average Bonchev–Trinajstić information content (AvgIpc) is 3.19. The molecule has 8 heteroatoms. The van der Waals surface area contributed by atoms with Crippen molar-refractivity contribution in [1.82, 2.24) is 15.3 Å². The van der Waals surface area contributed by atoms with Gasteiger partial charge in [-0.1, -0.05) is 42.5 Å². The van der Waals surface area contributed by atoms with E-state index in [0.29, 0.717) is 13.1 Å². The van der Waals surface area contributed by atoms with Crippen LogP contribution < -0.4 is 5.43 Å². The fourth-order valence-electron chi connectivity index (χ4n) is 4.05. The number of nitrogens with one attached hydrogen (secondary N) is 1. The van der Waals surface area contributed by atoms with Gasteiger partial charge in [-0.2, -0.15) is 0 Å². The maximum atomic E-state index is 12.9. The molecule has 2 amide bonds. The number of non-ortho nitro benzene ring substituents is 1. The van der Waals surface area contributed by atoms with Crippen molar-refractivity contribution in [3.8, 4) is 0 Å². The van der Waals surface area contributed by atoms with E-state index in [-0.39, 0.29) is 17.5 Å². The summed E-state index contributed by atoms with van der Waals surface area (Å²) in [6.07, 6.45) is 0. The van der Waals surface area contributed by atoms with Crippen LogP contribution in [0.4, 0.5) is 5.69 Å². The Labute approximate surface area is 161 Å². The maximum absolute atomic E-state index is 12.9.